The van der Waals surface area contributed by atoms with Crippen LogP contribution in [-0.4, -0.2) is 23.8 Å². The monoisotopic (exact) mass is 213 g/mol. The molecule has 1 aliphatic rings. The third kappa shape index (κ3) is 5.53. The van der Waals surface area contributed by atoms with Crippen molar-refractivity contribution in [3.63, 3.8) is 0 Å². The largest absolute Gasteiger partial charge is 0.396 e. The Bertz CT molecular complexity index is 157. The predicted octanol–water partition coefficient (Wildman–Crippen LogP) is 2.71. The van der Waals surface area contributed by atoms with Gasteiger partial charge in [-0.1, -0.05) is 26.2 Å². The Morgan fingerprint density at radius 1 is 1.27 bits per heavy atom. The van der Waals surface area contributed by atoms with Crippen LogP contribution in [0.15, 0.2) is 0 Å². The van der Waals surface area contributed by atoms with Crippen LogP contribution in [0, 0.1) is 5.92 Å². The van der Waals surface area contributed by atoms with Gasteiger partial charge in [0.05, 0.1) is 0 Å². The number of aliphatic hydroxyl groups excluding tert-OH is 1. The molecule has 2 atom stereocenters. The minimum atomic E-state index is 0.329. The molecule has 1 aliphatic carbocycles. The fraction of sp³-hybridized carbons (Fsp3) is 1.00. The lowest BCUT2D eigenvalue weighted by Crippen LogP contribution is -2.38. The number of unbranched alkanes of at least 4 members (excludes halogenated alkanes) is 2. The number of hydrogen-bond acceptors (Lipinski definition) is 2. The van der Waals surface area contributed by atoms with E-state index in [0.29, 0.717) is 18.7 Å². The highest BCUT2D eigenvalue weighted by Crippen LogP contribution is 2.34. The van der Waals surface area contributed by atoms with Gasteiger partial charge in [-0.25, -0.2) is 0 Å². The van der Waals surface area contributed by atoms with E-state index in [1.165, 1.54) is 38.5 Å². The number of aliphatic hydroxyl groups is 1. The first kappa shape index (κ1) is 13.0. The van der Waals surface area contributed by atoms with Crippen molar-refractivity contribution in [2.45, 2.75) is 70.9 Å². The SMILES string of the molecule is CCCCCC(C)NC(CCO)C1CC1. The third-order valence-corrected chi connectivity index (χ3v) is 3.37. The van der Waals surface area contributed by atoms with Gasteiger partial charge in [0, 0.05) is 18.7 Å². The maximum absolute atomic E-state index is 9.00. The average Bonchev–Trinajstić information content (AvgIpc) is 3.01. The summed E-state index contributed by atoms with van der Waals surface area (Å²) in [6.07, 6.45) is 8.92. The van der Waals surface area contributed by atoms with E-state index in [4.69, 9.17) is 5.11 Å². The van der Waals surface area contributed by atoms with Crippen LogP contribution >= 0.6 is 0 Å². The van der Waals surface area contributed by atoms with Gasteiger partial charge in [-0.05, 0) is 38.5 Å². The van der Waals surface area contributed by atoms with Crippen molar-refractivity contribution < 1.29 is 5.11 Å². The van der Waals surface area contributed by atoms with Gasteiger partial charge in [-0.2, -0.15) is 0 Å². The molecule has 0 saturated heterocycles. The topological polar surface area (TPSA) is 32.3 Å². The third-order valence-electron chi connectivity index (χ3n) is 3.37. The minimum Gasteiger partial charge on any atom is -0.396 e. The normalized spacial score (nSPS) is 20.2. The molecule has 0 amide bonds. The summed E-state index contributed by atoms with van der Waals surface area (Å²) in [6, 6.07) is 1.19. The van der Waals surface area contributed by atoms with Crippen molar-refractivity contribution in [2.24, 2.45) is 5.92 Å². The van der Waals surface area contributed by atoms with Crippen molar-refractivity contribution in [3.8, 4) is 0 Å². The average molecular weight is 213 g/mol. The van der Waals surface area contributed by atoms with E-state index in [1.807, 2.05) is 0 Å². The molecular weight excluding hydrogens is 186 g/mol. The highest BCUT2D eigenvalue weighted by Gasteiger charge is 2.31. The zero-order valence-corrected chi connectivity index (χ0v) is 10.3. The smallest absolute Gasteiger partial charge is 0.0445 e. The first-order chi connectivity index (χ1) is 7.27. The van der Waals surface area contributed by atoms with Crippen molar-refractivity contribution in [3.05, 3.63) is 0 Å². The fourth-order valence-corrected chi connectivity index (χ4v) is 2.24. The van der Waals surface area contributed by atoms with Gasteiger partial charge < -0.3 is 10.4 Å². The lowest BCUT2D eigenvalue weighted by Gasteiger charge is -2.22. The van der Waals surface area contributed by atoms with Crippen LogP contribution in [0.25, 0.3) is 0 Å². The van der Waals surface area contributed by atoms with Crippen LogP contribution in [-0.2, 0) is 0 Å². The molecule has 0 spiro atoms. The molecule has 0 bridgehead atoms. The van der Waals surface area contributed by atoms with Gasteiger partial charge in [0.2, 0.25) is 0 Å². The van der Waals surface area contributed by atoms with Crippen molar-refractivity contribution >= 4 is 0 Å². The van der Waals surface area contributed by atoms with E-state index >= 15 is 0 Å². The zero-order valence-electron chi connectivity index (χ0n) is 10.3. The first-order valence-corrected chi connectivity index (χ1v) is 6.64. The summed E-state index contributed by atoms with van der Waals surface area (Å²) in [5.41, 5.74) is 0. The van der Waals surface area contributed by atoms with Crippen molar-refractivity contribution in [1.29, 1.82) is 0 Å². The second kappa shape index (κ2) is 7.24. The Hall–Kier alpha value is -0.0800. The van der Waals surface area contributed by atoms with Gasteiger partial charge in [0.15, 0.2) is 0 Å². The quantitative estimate of drug-likeness (QED) is 0.577. The second-order valence-corrected chi connectivity index (χ2v) is 5.02. The lowest BCUT2D eigenvalue weighted by molar-refractivity contribution is 0.247. The molecule has 2 unspecified atom stereocenters. The Morgan fingerprint density at radius 3 is 2.53 bits per heavy atom. The van der Waals surface area contributed by atoms with E-state index < -0.39 is 0 Å². The molecule has 0 aliphatic heterocycles. The number of nitrogens with one attached hydrogen (secondary N) is 1. The molecule has 15 heavy (non-hydrogen) atoms. The van der Waals surface area contributed by atoms with E-state index in [0.717, 1.165) is 12.3 Å². The summed E-state index contributed by atoms with van der Waals surface area (Å²) in [7, 11) is 0. The van der Waals surface area contributed by atoms with E-state index in [1.54, 1.807) is 0 Å². The lowest BCUT2D eigenvalue weighted by atomic mass is 10.1. The summed E-state index contributed by atoms with van der Waals surface area (Å²) >= 11 is 0. The van der Waals surface area contributed by atoms with Crippen molar-refractivity contribution in [2.75, 3.05) is 6.61 Å². The van der Waals surface area contributed by atoms with Crippen LogP contribution in [0.1, 0.15) is 58.8 Å². The van der Waals surface area contributed by atoms with Gasteiger partial charge >= 0.3 is 0 Å². The minimum absolute atomic E-state index is 0.329. The molecule has 1 rings (SSSR count). The molecule has 2 heteroatoms. The van der Waals surface area contributed by atoms with Gasteiger partial charge in [-0.3, -0.25) is 0 Å². The summed E-state index contributed by atoms with van der Waals surface area (Å²) in [5.74, 6) is 0.853. The zero-order chi connectivity index (χ0) is 11.1. The summed E-state index contributed by atoms with van der Waals surface area (Å²) < 4.78 is 0. The van der Waals surface area contributed by atoms with Gasteiger partial charge in [-0.15, -0.1) is 0 Å². The van der Waals surface area contributed by atoms with E-state index in [9.17, 15) is 0 Å². The summed E-state index contributed by atoms with van der Waals surface area (Å²) in [4.78, 5) is 0. The molecule has 0 aromatic carbocycles. The van der Waals surface area contributed by atoms with Crippen LogP contribution < -0.4 is 5.32 Å². The van der Waals surface area contributed by atoms with Crippen molar-refractivity contribution in [1.82, 2.24) is 5.32 Å². The van der Waals surface area contributed by atoms with Crippen LogP contribution in [0.5, 0.6) is 0 Å². The molecule has 90 valence electrons. The fourth-order valence-electron chi connectivity index (χ4n) is 2.24. The first-order valence-electron chi connectivity index (χ1n) is 6.64. The van der Waals surface area contributed by atoms with Crippen LogP contribution in [0.4, 0.5) is 0 Å². The van der Waals surface area contributed by atoms with Gasteiger partial charge in [0.1, 0.15) is 0 Å². The van der Waals surface area contributed by atoms with Gasteiger partial charge in [0.25, 0.3) is 0 Å². The Kier molecular flexibility index (Phi) is 6.26. The Balaban J connectivity index is 2.12. The molecular formula is C13H27NO. The highest BCUT2D eigenvalue weighted by atomic mass is 16.3. The molecule has 0 heterocycles. The van der Waals surface area contributed by atoms with Crippen LogP contribution in [0.2, 0.25) is 0 Å². The molecule has 0 aromatic heterocycles. The Labute approximate surface area is 94.5 Å². The highest BCUT2D eigenvalue weighted by molar-refractivity contribution is 4.87. The molecule has 1 fully saturated rings. The standard InChI is InChI=1S/C13H27NO/c1-3-4-5-6-11(2)14-13(9-10-15)12-7-8-12/h11-15H,3-10H2,1-2H3. The van der Waals surface area contributed by atoms with E-state index in [-0.39, 0.29) is 0 Å². The summed E-state index contributed by atoms with van der Waals surface area (Å²) in [5, 5.41) is 12.7. The molecule has 1 saturated carbocycles. The predicted molar refractivity (Wildman–Crippen MR) is 65.0 cm³/mol. The molecule has 2 nitrogen and oxygen atoms in total. The number of hydrogen-bond donors (Lipinski definition) is 2. The van der Waals surface area contributed by atoms with E-state index in [2.05, 4.69) is 19.2 Å². The Morgan fingerprint density at radius 2 is 2.00 bits per heavy atom. The number of rotatable bonds is 9. The maximum Gasteiger partial charge on any atom is 0.0445 e. The summed E-state index contributed by atoms with van der Waals surface area (Å²) in [6.45, 7) is 4.86. The second-order valence-electron chi connectivity index (χ2n) is 5.02. The van der Waals surface area contributed by atoms with Crippen LogP contribution in [0.3, 0.4) is 0 Å². The molecule has 0 radical (unpaired) electrons. The maximum atomic E-state index is 9.00. The molecule has 2 N–H and O–H groups in total. The molecule has 0 aromatic rings.